The molecule has 0 fully saturated rings. The van der Waals surface area contributed by atoms with Crippen LogP contribution in [0.25, 0.3) is 0 Å². The number of nitrogens with zero attached hydrogens (tertiary/aromatic N) is 2. The number of fused-ring (bicyclic) bond motifs is 1. The Balaban J connectivity index is 1.85. The lowest BCUT2D eigenvalue weighted by atomic mass is 10.2. The first-order valence-electron chi connectivity index (χ1n) is 5.95. The first-order valence-corrected chi connectivity index (χ1v) is 6.77. The van der Waals surface area contributed by atoms with Gasteiger partial charge in [0.05, 0.1) is 18.7 Å². The fourth-order valence-corrected chi connectivity index (χ4v) is 2.74. The summed E-state index contributed by atoms with van der Waals surface area (Å²) in [4.78, 5) is 19.2. The number of rotatable bonds is 2. The van der Waals surface area contributed by atoms with E-state index in [-0.39, 0.29) is 5.91 Å². The van der Waals surface area contributed by atoms with Gasteiger partial charge in [-0.15, -0.1) is 11.3 Å². The van der Waals surface area contributed by atoms with Crippen LogP contribution in [0.1, 0.15) is 15.2 Å². The van der Waals surface area contributed by atoms with Crippen LogP contribution in [0.3, 0.4) is 0 Å². The second-order valence-electron chi connectivity index (χ2n) is 4.24. The Kier molecular flexibility index (Phi) is 3.08. The van der Waals surface area contributed by atoms with Gasteiger partial charge in [0.2, 0.25) is 0 Å². The van der Waals surface area contributed by atoms with Gasteiger partial charge in [-0.05, 0) is 12.1 Å². The van der Waals surface area contributed by atoms with Gasteiger partial charge in [0.25, 0.3) is 5.91 Å². The Bertz CT molecular complexity index is 611. The standard InChI is InChI=1S/C13H13N3O2S/c14-13-15-7-9(19-13)8-16-5-6-18-11-4-2-1-3-10(11)12(16)17/h1-4,7H,5-6,8H2,(H2,14,15). The van der Waals surface area contributed by atoms with Crippen LogP contribution in [-0.2, 0) is 6.54 Å². The Morgan fingerprint density at radius 2 is 2.26 bits per heavy atom. The molecule has 5 nitrogen and oxygen atoms in total. The van der Waals surface area contributed by atoms with Crippen molar-refractivity contribution < 1.29 is 9.53 Å². The molecule has 6 heteroatoms. The van der Waals surface area contributed by atoms with Crippen LogP contribution in [0, 0.1) is 0 Å². The van der Waals surface area contributed by atoms with Crippen molar-refractivity contribution in [2.24, 2.45) is 0 Å². The summed E-state index contributed by atoms with van der Waals surface area (Å²) < 4.78 is 5.59. The highest BCUT2D eigenvalue weighted by Gasteiger charge is 2.23. The second-order valence-corrected chi connectivity index (χ2v) is 5.38. The number of hydrogen-bond donors (Lipinski definition) is 1. The third kappa shape index (κ3) is 2.39. The summed E-state index contributed by atoms with van der Waals surface area (Å²) in [7, 11) is 0. The number of ether oxygens (including phenoxy) is 1. The van der Waals surface area contributed by atoms with E-state index in [1.807, 2.05) is 18.2 Å². The van der Waals surface area contributed by atoms with Gasteiger partial charge in [0, 0.05) is 11.1 Å². The van der Waals surface area contributed by atoms with Gasteiger partial charge in [-0.1, -0.05) is 12.1 Å². The van der Waals surface area contributed by atoms with E-state index in [2.05, 4.69) is 4.98 Å². The van der Waals surface area contributed by atoms with Crippen molar-refractivity contribution in [1.82, 2.24) is 9.88 Å². The minimum Gasteiger partial charge on any atom is -0.491 e. The topological polar surface area (TPSA) is 68.4 Å². The molecule has 2 heterocycles. The molecule has 0 aliphatic carbocycles. The van der Waals surface area contributed by atoms with Crippen molar-refractivity contribution in [2.45, 2.75) is 6.54 Å². The van der Waals surface area contributed by atoms with Gasteiger partial charge in [0.15, 0.2) is 5.13 Å². The average Bonchev–Trinajstić information content (AvgIpc) is 2.75. The number of benzene rings is 1. The molecule has 0 spiro atoms. The Morgan fingerprint density at radius 1 is 1.42 bits per heavy atom. The molecule has 19 heavy (non-hydrogen) atoms. The fraction of sp³-hybridized carbons (Fsp3) is 0.231. The van der Waals surface area contributed by atoms with Crippen molar-refractivity contribution in [1.29, 1.82) is 0 Å². The molecule has 0 bridgehead atoms. The van der Waals surface area contributed by atoms with Gasteiger partial charge in [-0.2, -0.15) is 0 Å². The van der Waals surface area contributed by atoms with Gasteiger partial charge in [-0.3, -0.25) is 4.79 Å². The third-order valence-electron chi connectivity index (χ3n) is 2.94. The van der Waals surface area contributed by atoms with Crippen molar-refractivity contribution in [3.8, 4) is 5.75 Å². The Morgan fingerprint density at radius 3 is 3.05 bits per heavy atom. The maximum atomic E-state index is 12.4. The number of carbonyl (C=O) groups excluding carboxylic acids is 1. The maximum absolute atomic E-state index is 12.4. The predicted molar refractivity (Wildman–Crippen MR) is 73.2 cm³/mol. The summed E-state index contributed by atoms with van der Waals surface area (Å²) in [5.41, 5.74) is 6.21. The van der Waals surface area contributed by atoms with E-state index >= 15 is 0 Å². The maximum Gasteiger partial charge on any atom is 0.258 e. The van der Waals surface area contributed by atoms with Gasteiger partial charge in [0.1, 0.15) is 12.4 Å². The molecule has 0 unspecified atom stereocenters. The summed E-state index contributed by atoms with van der Waals surface area (Å²) in [6, 6.07) is 7.32. The summed E-state index contributed by atoms with van der Waals surface area (Å²) in [5, 5.41) is 0.522. The molecule has 1 aliphatic heterocycles. The molecule has 2 N–H and O–H groups in total. The molecule has 3 rings (SSSR count). The number of thiazole rings is 1. The first-order chi connectivity index (χ1) is 9.24. The van der Waals surface area contributed by atoms with Gasteiger partial charge >= 0.3 is 0 Å². The molecule has 2 aromatic rings. The summed E-state index contributed by atoms with van der Waals surface area (Å²) >= 11 is 1.40. The van der Waals surface area contributed by atoms with Crippen LogP contribution in [0.15, 0.2) is 30.5 Å². The monoisotopic (exact) mass is 275 g/mol. The normalized spacial score (nSPS) is 14.7. The van der Waals surface area contributed by atoms with E-state index in [0.29, 0.717) is 36.1 Å². The highest BCUT2D eigenvalue weighted by atomic mass is 32.1. The van der Waals surface area contributed by atoms with Crippen molar-refractivity contribution in [2.75, 3.05) is 18.9 Å². The smallest absolute Gasteiger partial charge is 0.258 e. The lowest BCUT2D eigenvalue weighted by Crippen LogP contribution is -2.31. The van der Waals surface area contributed by atoms with E-state index in [9.17, 15) is 4.79 Å². The largest absolute Gasteiger partial charge is 0.491 e. The molecule has 1 aromatic heterocycles. The number of nitrogen functional groups attached to an aromatic ring is 1. The first kappa shape index (κ1) is 12.0. The zero-order valence-electron chi connectivity index (χ0n) is 10.2. The zero-order chi connectivity index (χ0) is 13.2. The quantitative estimate of drug-likeness (QED) is 0.906. The molecule has 98 valence electrons. The number of para-hydroxylation sites is 1. The van der Waals surface area contributed by atoms with E-state index in [1.54, 1.807) is 17.2 Å². The molecule has 0 saturated carbocycles. The van der Waals surface area contributed by atoms with Gasteiger partial charge in [-0.25, -0.2) is 4.98 Å². The zero-order valence-corrected chi connectivity index (χ0v) is 11.0. The van der Waals surface area contributed by atoms with E-state index in [4.69, 9.17) is 10.5 Å². The highest BCUT2D eigenvalue weighted by molar-refractivity contribution is 7.15. The predicted octanol–water partition coefficient (Wildman–Crippen LogP) is 1.76. The molecule has 1 aromatic carbocycles. The van der Waals surface area contributed by atoms with Gasteiger partial charge < -0.3 is 15.4 Å². The molecule has 0 radical (unpaired) electrons. The number of nitrogens with two attached hydrogens (primary N) is 1. The van der Waals surface area contributed by atoms with Crippen LogP contribution in [0.5, 0.6) is 5.75 Å². The second kappa shape index (κ2) is 4.89. The van der Waals surface area contributed by atoms with Crippen LogP contribution in [-0.4, -0.2) is 28.9 Å². The fourth-order valence-electron chi connectivity index (χ4n) is 2.04. The average molecular weight is 275 g/mol. The molecule has 1 aliphatic rings. The number of anilines is 1. The van der Waals surface area contributed by atoms with Crippen LogP contribution in [0.4, 0.5) is 5.13 Å². The van der Waals surface area contributed by atoms with Crippen molar-refractivity contribution in [3.63, 3.8) is 0 Å². The third-order valence-corrected chi connectivity index (χ3v) is 3.75. The van der Waals surface area contributed by atoms with E-state index in [1.165, 1.54) is 11.3 Å². The number of amides is 1. The SMILES string of the molecule is Nc1ncc(CN2CCOc3ccccc3C2=O)s1. The summed E-state index contributed by atoms with van der Waals surface area (Å²) in [5.74, 6) is 0.638. The van der Waals surface area contributed by atoms with Crippen LogP contribution < -0.4 is 10.5 Å². The molecule has 0 atom stereocenters. The van der Waals surface area contributed by atoms with Crippen molar-refractivity contribution >= 4 is 22.4 Å². The lowest BCUT2D eigenvalue weighted by Gasteiger charge is -2.18. The molecule has 1 amide bonds. The Hall–Kier alpha value is -2.08. The minimum atomic E-state index is -0.0138. The van der Waals surface area contributed by atoms with E-state index in [0.717, 1.165) is 4.88 Å². The highest BCUT2D eigenvalue weighted by Crippen LogP contribution is 2.24. The lowest BCUT2D eigenvalue weighted by molar-refractivity contribution is 0.0744. The number of hydrogen-bond acceptors (Lipinski definition) is 5. The van der Waals surface area contributed by atoms with E-state index < -0.39 is 0 Å². The van der Waals surface area contributed by atoms with Crippen molar-refractivity contribution in [3.05, 3.63) is 40.9 Å². The minimum absolute atomic E-state index is 0.0138. The number of carbonyl (C=O) groups is 1. The van der Waals surface area contributed by atoms with Crippen LogP contribution >= 0.6 is 11.3 Å². The molecular weight excluding hydrogens is 262 g/mol. The number of aromatic nitrogens is 1. The van der Waals surface area contributed by atoms with Crippen LogP contribution in [0.2, 0.25) is 0 Å². The summed E-state index contributed by atoms with van der Waals surface area (Å²) in [6.07, 6.45) is 1.71. The summed E-state index contributed by atoms with van der Waals surface area (Å²) in [6.45, 7) is 1.58. The Labute approximate surface area is 114 Å². The molecule has 0 saturated heterocycles. The molecular formula is C13H13N3O2S.